The average Bonchev–Trinajstić information content (AvgIpc) is 2.92. The number of aromatic nitrogens is 1. The van der Waals surface area contributed by atoms with Gasteiger partial charge in [0.25, 0.3) is 10.0 Å². The second-order valence-electron chi connectivity index (χ2n) is 9.84. The van der Waals surface area contributed by atoms with E-state index >= 15 is 0 Å². The highest BCUT2D eigenvalue weighted by atomic mass is 35.5. The van der Waals surface area contributed by atoms with E-state index in [-0.39, 0.29) is 22.8 Å². The Morgan fingerprint density at radius 3 is 2.56 bits per heavy atom. The van der Waals surface area contributed by atoms with Gasteiger partial charge in [-0.25, -0.2) is 12.8 Å². The molecule has 3 aromatic carbocycles. The van der Waals surface area contributed by atoms with Gasteiger partial charge < -0.3 is 4.90 Å². The predicted molar refractivity (Wildman–Crippen MR) is 156 cm³/mol. The lowest BCUT2D eigenvalue weighted by Gasteiger charge is -2.44. The van der Waals surface area contributed by atoms with E-state index in [0.717, 1.165) is 36.3 Å². The minimum Gasteiger partial charge on any atom is -0.366 e. The summed E-state index contributed by atoms with van der Waals surface area (Å²) in [5.41, 5.74) is 3.29. The van der Waals surface area contributed by atoms with E-state index in [2.05, 4.69) is 33.0 Å². The van der Waals surface area contributed by atoms with Gasteiger partial charge in [0.15, 0.2) is 0 Å². The summed E-state index contributed by atoms with van der Waals surface area (Å²) in [6, 6.07) is 20.8. The maximum atomic E-state index is 14.5. The Hall–Kier alpha value is -3.46. The van der Waals surface area contributed by atoms with Crippen molar-refractivity contribution < 1.29 is 12.8 Å². The Balaban J connectivity index is 1.26. The van der Waals surface area contributed by atoms with Crippen molar-refractivity contribution in [2.75, 3.05) is 24.4 Å². The number of sulfonamides is 1. The molecular weight excluding hydrogens is 535 g/mol. The van der Waals surface area contributed by atoms with Gasteiger partial charge in [-0.05, 0) is 55.8 Å². The molecule has 0 amide bonds. The fourth-order valence-electron chi connectivity index (χ4n) is 5.18. The van der Waals surface area contributed by atoms with Crippen molar-refractivity contribution in [2.45, 2.75) is 30.8 Å². The quantitative estimate of drug-likeness (QED) is 0.275. The molecule has 2 heterocycles. The number of benzene rings is 3. The molecule has 1 saturated heterocycles. The summed E-state index contributed by atoms with van der Waals surface area (Å²) < 4.78 is 43.4. The van der Waals surface area contributed by atoms with Gasteiger partial charge in [-0.1, -0.05) is 54.6 Å². The fourth-order valence-corrected chi connectivity index (χ4v) is 6.57. The van der Waals surface area contributed by atoms with Gasteiger partial charge in [-0.15, -0.1) is 0 Å². The molecule has 0 saturated carbocycles. The molecule has 5 rings (SSSR count). The fraction of sp³-hybridized carbons (Fsp3) is 0.233. The number of anilines is 1. The number of pyridine rings is 1. The van der Waals surface area contributed by atoms with Crippen LogP contribution in [-0.4, -0.2) is 48.9 Å². The van der Waals surface area contributed by atoms with Gasteiger partial charge in [0.05, 0.1) is 5.52 Å². The van der Waals surface area contributed by atoms with Gasteiger partial charge >= 0.3 is 0 Å². The van der Waals surface area contributed by atoms with Gasteiger partial charge in [0, 0.05) is 65.3 Å². The molecule has 1 aliphatic rings. The van der Waals surface area contributed by atoms with Crippen molar-refractivity contribution in [3.8, 4) is 0 Å². The zero-order valence-corrected chi connectivity index (χ0v) is 23.4. The number of halogens is 2. The molecule has 9 heteroatoms. The largest absolute Gasteiger partial charge is 0.366 e. The predicted octanol–water partition coefficient (Wildman–Crippen LogP) is 6.57. The van der Waals surface area contributed by atoms with Crippen molar-refractivity contribution >= 4 is 43.9 Å². The van der Waals surface area contributed by atoms with Crippen LogP contribution in [-0.2, 0) is 10.0 Å². The zero-order chi connectivity index (χ0) is 27.7. The lowest BCUT2D eigenvalue weighted by molar-refractivity contribution is 0.0954. The molecule has 0 aliphatic carbocycles. The molecule has 0 radical (unpaired) electrons. The molecule has 1 fully saturated rings. The molecule has 1 aromatic heterocycles. The first-order valence-corrected chi connectivity index (χ1v) is 14.6. The van der Waals surface area contributed by atoms with Crippen LogP contribution in [0.2, 0.25) is 5.02 Å². The van der Waals surface area contributed by atoms with E-state index in [0.29, 0.717) is 21.8 Å². The standard InChI is InChI=1S/C30H30ClFN4O2S/c1-20-19-35(22(3)27-14-11-25(31)18-28(27)32)16-17-36(20)21(2)23-9-12-26(13-10-23)34-39(37,38)29-8-4-6-24-7-5-15-33-30(24)29/h4-15,18,20,22,34H,2,16-17,19H2,1,3H3. The van der Waals surface area contributed by atoms with E-state index < -0.39 is 10.0 Å². The first kappa shape index (κ1) is 27.1. The van der Waals surface area contributed by atoms with Crippen LogP contribution < -0.4 is 4.72 Å². The highest BCUT2D eigenvalue weighted by Gasteiger charge is 2.29. The van der Waals surface area contributed by atoms with E-state index in [1.165, 1.54) is 6.07 Å². The molecule has 2 unspecified atom stereocenters. The number of piperazine rings is 1. The van der Waals surface area contributed by atoms with E-state index in [1.54, 1.807) is 48.7 Å². The van der Waals surface area contributed by atoms with E-state index in [9.17, 15) is 12.8 Å². The molecule has 6 nitrogen and oxygen atoms in total. The third-order valence-electron chi connectivity index (χ3n) is 7.32. The summed E-state index contributed by atoms with van der Waals surface area (Å²) in [5.74, 6) is -0.290. The van der Waals surface area contributed by atoms with Crippen LogP contribution in [0.1, 0.15) is 31.0 Å². The maximum Gasteiger partial charge on any atom is 0.264 e. The second-order valence-corrected chi connectivity index (χ2v) is 11.9. The third kappa shape index (κ3) is 5.64. The normalized spacial score (nSPS) is 17.2. The summed E-state index contributed by atoms with van der Waals surface area (Å²) in [6.07, 6.45) is 1.58. The third-order valence-corrected chi connectivity index (χ3v) is 8.97. The molecule has 0 spiro atoms. The van der Waals surface area contributed by atoms with Crippen molar-refractivity contribution in [1.82, 2.24) is 14.8 Å². The van der Waals surface area contributed by atoms with Crippen LogP contribution >= 0.6 is 11.6 Å². The average molecular weight is 565 g/mol. The van der Waals surface area contributed by atoms with E-state index in [4.69, 9.17) is 11.6 Å². The summed E-state index contributed by atoms with van der Waals surface area (Å²) in [6.45, 7) is 10.7. The summed E-state index contributed by atoms with van der Waals surface area (Å²) in [7, 11) is -3.83. The van der Waals surface area contributed by atoms with Crippen LogP contribution in [0.4, 0.5) is 10.1 Å². The zero-order valence-electron chi connectivity index (χ0n) is 21.8. The Kier molecular flexibility index (Phi) is 7.62. The van der Waals surface area contributed by atoms with Crippen molar-refractivity contribution in [3.63, 3.8) is 0 Å². The minimum absolute atomic E-state index is 0.0793. The summed E-state index contributed by atoms with van der Waals surface area (Å²) >= 11 is 5.93. The highest BCUT2D eigenvalue weighted by molar-refractivity contribution is 7.93. The van der Waals surface area contributed by atoms with Crippen LogP contribution in [0.5, 0.6) is 0 Å². The van der Waals surface area contributed by atoms with Gasteiger partial charge in [-0.2, -0.15) is 0 Å². The number of rotatable bonds is 7. The molecular formula is C30H30ClFN4O2S. The van der Waals surface area contributed by atoms with Crippen molar-refractivity contribution in [2.24, 2.45) is 0 Å². The minimum atomic E-state index is -3.83. The Morgan fingerprint density at radius 2 is 1.85 bits per heavy atom. The van der Waals surface area contributed by atoms with Crippen LogP contribution in [0, 0.1) is 5.82 Å². The molecule has 4 aromatic rings. The van der Waals surface area contributed by atoms with Crippen LogP contribution in [0.15, 0.2) is 90.5 Å². The molecule has 2 atom stereocenters. The topological polar surface area (TPSA) is 65.5 Å². The summed E-state index contributed by atoms with van der Waals surface area (Å²) in [4.78, 5) is 8.90. The number of para-hydroxylation sites is 1. The SMILES string of the molecule is C=C(c1ccc(NS(=O)(=O)c2cccc3cccnc23)cc1)N1CCN(C(C)c2ccc(Cl)cc2F)CC1C. The van der Waals surface area contributed by atoms with Gasteiger partial charge in [-0.3, -0.25) is 14.6 Å². The lowest BCUT2D eigenvalue weighted by atomic mass is 10.0. The molecule has 0 bridgehead atoms. The number of nitrogens with zero attached hydrogens (tertiary/aromatic N) is 3. The lowest BCUT2D eigenvalue weighted by Crippen LogP contribution is -2.51. The monoisotopic (exact) mass is 564 g/mol. The smallest absolute Gasteiger partial charge is 0.264 e. The highest BCUT2D eigenvalue weighted by Crippen LogP contribution is 2.31. The molecule has 1 N–H and O–H groups in total. The Morgan fingerprint density at radius 1 is 1.10 bits per heavy atom. The first-order valence-electron chi connectivity index (χ1n) is 12.8. The first-order chi connectivity index (χ1) is 18.6. The maximum absolute atomic E-state index is 14.5. The number of fused-ring (bicyclic) bond motifs is 1. The molecule has 1 aliphatic heterocycles. The number of hydrogen-bond acceptors (Lipinski definition) is 5. The number of nitrogens with one attached hydrogen (secondary N) is 1. The van der Waals surface area contributed by atoms with Gasteiger partial charge in [0.1, 0.15) is 10.7 Å². The Bertz CT molecular complexity index is 1620. The van der Waals surface area contributed by atoms with Crippen LogP contribution in [0.25, 0.3) is 16.6 Å². The molecule has 202 valence electrons. The summed E-state index contributed by atoms with van der Waals surface area (Å²) in [5, 5.41) is 1.15. The van der Waals surface area contributed by atoms with E-state index in [1.807, 2.05) is 31.2 Å². The number of hydrogen-bond donors (Lipinski definition) is 1. The second kappa shape index (κ2) is 11.0. The molecule has 39 heavy (non-hydrogen) atoms. The van der Waals surface area contributed by atoms with Gasteiger partial charge in [0.2, 0.25) is 0 Å². The Labute approximate surface area is 233 Å². The van der Waals surface area contributed by atoms with Crippen molar-refractivity contribution in [1.29, 1.82) is 0 Å². The van der Waals surface area contributed by atoms with Crippen molar-refractivity contribution in [3.05, 3.63) is 108 Å². The van der Waals surface area contributed by atoms with Crippen LogP contribution in [0.3, 0.4) is 0 Å².